The highest BCUT2D eigenvalue weighted by atomic mass is 32.2. The Morgan fingerprint density at radius 3 is 2.62 bits per heavy atom. The third-order valence-electron chi connectivity index (χ3n) is 4.67. The molecule has 1 amide bonds. The number of rotatable bonds is 12. The van der Waals surface area contributed by atoms with E-state index in [1.807, 2.05) is 6.92 Å². The molecule has 0 bridgehead atoms. The van der Waals surface area contributed by atoms with Crippen LogP contribution < -0.4 is 19.1 Å². The van der Waals surface area contributed by atoms with Gasteiger partial charge in [0.25, 0.3) is 10.0 Å². The predicted molar refractivity (Wildman–Crippen MR) is 130 cm³/mol. The smallest absolute Gasteiger partial charge is 0.268 e. The number of H-pyrrole nitrogens is 1. The van der Waals surface area contributed by atoms with Crippen LogP contribution in [0.25, 0.3) is 0 Å². The molecule has 0 fully saturated rings. The molecular weight excluding hydrogens is 478 g/mol. The van der Waals surface area contributed by atoms with Gasteiger partial charge < -0.3 is 14.8 Å². The summed E-state index contributed by atoms with van der Waals surface area (Å²) in [4.78, 5) is 16.7. The van der Waals surface area contributed by atoms with Gasteiger partial charge in [-0.15, -0.1) is 0 Å². The fourth-order valence-electron chi connectivity index (χ4n) is 3.08. The number of carbonyl (C=O) groups is 1. The van der Waals surface area contributed by atoms with Gasteiger partial charge in [-0.1, -0.05) is 17.8 Å². The maximum atomic E-state index is 13.7. The Bertz CT molecular complexity index is 1180. The van der Waals surface area contributed by atoms with Crippen LogP contribution in [0.4, 0.5) is 5.69 Å². The highest BCUT2D eigenvalue weighted by molar-refractivity contribution is 7.99. The van der Waals surface area contributed by atoms with Crippen molar-refractivity contribution >= 4 is 33.4 Å². The van der Waals surface area contributed by atoms with Gasteiger partial charge in [0.1, 0.15) is 29.3 Å². The quantitative estimate of drug-likeness (QED) is 0.284. The zero-order valence-corrected chi connectivity index (χ0v) is 20.8. The molecule has 0 saturated carbocycles. The molecule has 1 aromatic heterocycles. The topological polar surface area (TPSA) is 127 Å². The number of nitrogens with zero attached hydrogens (tertiary/aromatic N) is 3. The summed E-state index contributed by atoms with van der Waals surface area (Å²) in [6.45, 7) is 4.06. The first-order valence-corrected chi connectivity index (χ1v) is 12.9. The van der Waals surface area contributed by atoms with Crippen LogP contribution in [0.2, 0.25) is 0 Å². The largest absolute Gasteiger partial charge is 0.495 e. The molecule has 182 valence electrons. The van der Waals surface area contributed by atoms with Crippen molar-refractivity contribution in [3.05, 3.63) is 54.4 Å². The average Bonchev–Trinajstić information content (AvgIpc) is 3.35. The van der Waals surface area contributed by atoms with Crippen LogP contribution in [0.1, 0.15) is 12.5 Å². The van der Waals surface area contributed by atoms with E-state index < -0.39 is 22.5 Å². The van der Waals surface area contributed by atoms with Crippen LogP contribution >= 0.6 is 11.8 Å². The number of hydrogen-bond donors (Lipinski definition) is 2. The number of aryl methyl sites for hydroxylation is 1. The Kier molecular flexibility index (Phi) is 8.77. The number of nitrogens with one attached hydrogen (secondary N) is 2. The van der Waals surface area contributed by atoms with E-state index in [1.165, 1.54) is 31.3 Å². The van der Waals surface area contributed by atoms with Crippen molar-refractivity contribution in [3.63, 3.8) is 0 Å². The first-order chi connectivity index (χ1) is 16.3. The van der Waals surface area contributed by atoms with E-state index in [0.717, 1.165) is 9.87 Å². The van der Waals surface area contributed by atoms with Crippen LogP contribution in [0.15, 0.2) is 58.8 Å². The lowest BCUT2D eigenvalue weighted by molar-refractivity contribution is -0.119. The van der Waals surface area contributed by atoms with Crippen molar-refractivity contribution in [2.75, 3.05) is 36.9 Å². The van der Waals surface area contributed by atoms with E-state index in [4.69, 9.17) is 9.47 Å². The summed E-state index contributed by atoms with van der Waals surface area (Å²) < 4.78 is 39.2. The van der Waals surface area contributed by atoms with E-state index in [2.05, 4.69) is 20.5 Å². The summed E-state index contributed by atoms with van der Waals surface area (Å²) in [6, 6.07) is 11.4. The molecule has 0 radical (unpaired) electrons. The molecule has 2 aromatic carbocycles. The van der Waals surface area contributed by atoms with Gasteiger partial charge in [-0.3, -0.25) is 14.2 Å². The van der Waals surface area contributed by atoms with E-state index in [1.54, 1.807) is 43.3 Å². The van der Waals surface area contributed by atoms with Gasteiger partial charge in [0.15, 0.2) is 5.16 Å². The van der Waals surface area contributed by atoms with Gasteiger partial charge in [-0.2, -0.15) is 5.10 Å². The van der Waals surface area contributed by atoms with E-state index in [-0.39, 0.29) is 10.6 Å². The van der Waals surface area contributed by atoms with Crippen molar-refractivity contribution in [3.8, 4) is 11.5 Å². The van der Waals surface area contributed by atoms with Crippen molar-refractivity contribution in [1.29, 1.82) is 0 Å². The first-order valence-electron chi connectivity index (χ1n) is 10.5. The lowest BCUT2D eigenvalue weighted by Gasteiger charge is -2.25. The molecule has 0 saturated heterocycles. The van der Waals surface area contributed by atoms with Crippen molar-refractivity contribution in [2.24, 2.45) is 0 Å². The molecule has 12 heteroatoms. The summed E-state index contributed by atoms with van der Waals surface area (Å²) in [5.74, 6) is 0.904. The highest BCUT2D eigenvalue weighted by Gasteiger charge is 2.30. The maximum Gasteiger partial charge on any atom is 0.268 e. The molecule has 10 nitrogen and oxygen atoms in total. The number of carbonyl (C=O) groups excluding carboxylic acids is 1. The number of ether oxygens (including phenoxy) is 2. The second-order valence-electron chi connectivity index (χ2n) is 7.08. The summed E-state index contributed by atoms with van der Waals surface area (Å²) >= 11 is 1.39. The molecule has 1 heterocycles. The van der Waals surface area contributed by atoms with Crippen molar-refractivity contribution < 1.29 is 22.7 Å². The van der Waals surface area contributed by atoms with Gasteiger partial charge in [-0.05, 0) is 55.8 Å². The number of amides is 1. The minimum absolute atomic E-state index is 0.0161. The van der Waals surface area contributed by atoms with Crippen LogP contribution in [0.5, 0.6) is 11.5 Å². The number of sulfonamides is 1. The number of benzene rings is 2. The summed E-state index contributed by atoms with van der Waals surface area (Å²) in [7, 11) is -2.72. The van der Waals surface area contributed by atoms with Crippen molar-refractivity contribution in [1.82, 2.24) is 20.5 Å². The molecule has 34 heavy (non-hydrogen) atoms. The number of methoxy groups -OCH3 is 1. The minimum Gasteiger partial charge on any atom is -0.495 e. The number of anilines is 1. The van der Waals surface area contributed by atoms with Crippen LogP contribution in [-0.4, -0.2) is 62.1 Å². The molecule has 0 aliphatic rings. The Morgan fingerprint density at radius 1 is 1.21 bits per heavy atom. The third-order valence-corrected chi connectivity index (χ3v) is 7.34. The third kappa shape index (κ3) is 6.41. The van der Waals surface area contributed by atoms with Gasteiger partial charge in [0.2, 0.25) is 5.91 Å². The van der Waals surface area contributed by atoms with Crippen LogP contribution in [0, 0.1) is 6.92 Å². The minimum atomic E-state index is -4.13. The second kappa shape index (κ2) is 11.7. The average molecular weight is 506 g/mol. The summed E-state index contributed by atoms with van der Waals surface area (Å²) in [6.07, 6.45) is 1.40. The summed E-state index contributed by atoms with van der Waals surface area (Å²) in [5.41, 5.74) is 1.08. The SMILES string of the molecule is CCOc1ccc(N(CC(=O)NCCSc2ncn[nH]2)S(=O)(=O)c2cc(C)ccc2OC)cc1. The summed E-state index contributed by atoms with van der Waals surface area (Å²) in [5, 5.41) is 9.89. The fraction of sp³-hybridized carbons (Fsp3) is 0.318. The van der Waals surface area contributed by atoms with E-state index in [9.17, 15) is 13.2 Å². The lowest BCUT2D eigenvalue weighted by Crippen LogP contribution is -2.41. The monoisotopic (exact) mass is 505 g/mol. The molecule has 2 N–H and O–H groups in total. The molecule has 3 aromatic rings. The lowest BCUT2D eigenvalue weighted by atomic mass is 10.2. The van der Waals surface area contributed by atoms with Gasteiger partial charge >= 0.3 is 0 Å². The highest BCUT2D eigenvalue weighted by Crippen LogP contribution is 2.31. The number of hydrogen-bond acceptors (Lipinski definition) is 8. The van der Waals surface area contributed by atoms with E-state index >= 15 is 0 Å². The van der Waals surface area contributed by atoms with Crippen LogP contribution in [0.3, 0.4) is 0 Å². The van der Waals surface area contributed by atoms with Gasteiger partial charge in [0, 0.05) is 12.3 Å². The Labute approximate surface area is 203 Å². The molecule has 0 aliphatic heterocycles. The fourth-order valence-corrected chi connectivity index (χ4v) is 5.38. The number of thioether (sulfide) groups is 1. The zero-order chi connectivity index (χ0) is 24.6. The standard InChI is InChI=1S/C22H27N5O5S2/c1-4-32-18-8-6-17(7-9-18)27(14-21(28)23-11-12-33-22-24-15-25-26-22)34(29,30)20-13-16(2)5-10-19(20)31-3/h5-10,13,15H,4,11-12,14H2,1-3H3,(H,23,28)(H,24,25,26). The van der Waals surface area contributed by atoms with Gasteiger partial charge in [0.05, 0.1) is 19.4 Å². The van der Waals surface area contributed by atoms with Gasteiger partial charge in [-0.25, -0.2) is 13.4 Å². The zero-order valence-electron chi connectivity index (χ0n) is 19.1. The second-order valence-corrected chi connectivity index (χ2v) is 10.00. The normalized spacial score (nSPS) is 11.1. The molecule has 0 aliphatic carbocycles. The number of aromatic amines is 1. The first kappa shape index (κ1) is 25.4. The Balaban J connectivity index is 1.83. The Morgan fingerprint density at radius 2 is 1.97 bits per heavy atom. The van der Waals surface area contributed by atoms with Crippen molar-refractivity contribution in [2.45, 2.75) is 23.9 Å². The molecule has 0 atom stereocenters. The molecule has 0 unspecified atom stereocenters. The predicted octanol–water partition coefficient (Wildman–Crippen LogP) is 2.62. The maximum absolute atomic E-state index is 13.7. The van der Waals surface area contributed by atoms with E-state index in [0.29, 0.717) is 35.5 Å². The number of aromatic nitrogens is 3. The molecular formula is C22H27N5O5S2. The molecule has 0 spiro atoms. The van der Waals surface area contributed by atoms with Crippen LogP contribution in [-0.2, 0) is 14.8 Å². The molecule has 3 rings (SSSR count). The Hall–Kier alpha value is -3.25.